The molecule has 0 bridgehead atoms. The van der Waals surface area contributed by atoms with E-state index in [1.807, 2.05) is 13.0 Å². The number of aryl methyl sites for hydroxylation is 1. The number of hydrogen-bond acceptors (Lipinski definition) is 1. The van der Waals surface area contributed by atoms with Gasteiger partial charge in [-0.3, -0.25) is 4.79 Å². The third kappa shape index (κ3) is 1.72. The van der Waals surface area contributed by atoms with Gasteiger partial charge in [0.25, 0.3) is 0 Å². The number of benzene rings is 1. The highest BCUT2D eigenvalue weighted by molar-refractivity contribution is 5.94. The summed E-state index contributed by atoms with van der Waals surface area (Å²) in [6.07, 6.45) is 0.943. The number of carbonyl (C=O) groups excluding carboxylic acids is 1. The van der Waals surface area contributed by atoms with Crippen LogP contribution in [0.25, 0.3) is 0 Å². The number of carbonyl (C=O) groups is 1. The topological polar surface area (TPSA) is 43.1 Å². The Balaban J connectivity index is 3.35. The molecule has 1 aromatic rings. The van der Waals surface area contributed by atoms with E-state index < -0.39 is 0 Å². The Morgan fingerprint density at radius 1 is 1.38 bits per heavy atom. The Morgan fingerprint density at radius 2 is 2.00 bits per heavy atom. The Labute approximate surface area is 78.8 Å². The molecule has 1 rings (SSSR count). The summed E-state index contributed by atoms with van der Waals surface area (Å²) in [6, 6.07) is 3.75. The van der Waals surface area contributed by atoms with Crippen LogP contribution in [0.1, 0.15) is 34.0 Å². The van der Waals surface area contributed by atoms with Crippen molar-refractivity contribution in [2.24, 2.45) is 5.73 Å². The third-order valence-corrected chi connectivity index (χ3v) is 2.45. The second kappa shape index (κ2) is 3.60. The molecule has 0 spiro atoms. The number of amides is 1. The van der Waals surface area contributed by atoms with Crippen molar-refractivity contribution < 1.29 is 4.79 Å². The van der Waals surface area contributed by atoms with E-state index in [0.29, 0.717) is 5.56 Å². The Morgan fingerprint density at radius 3 is 2.46 bits per heavy atom. The zero-order chi connectivity index (χ0) is 10.0. The van der Waals surface area contributed by atoms with Gasteiger partial charge in [-0.05, 0) is 43.0 Å². The molecule has 0 radical (unpaired) electrons. The molecule has 1 amide bonds. The summed E-state index contributed by atoms with van der Waals surface area (Å²) >= 11 is 0. The van der Waals surface area contributed by atoms with Crippen LogP contribution in [0.2, 0.25) is 0 Å². The minimum absolute atomic E-state index is 0.341. The van der Waals surface area contributed by atoms with Crippen molar-refractivity contribution >= 4 is 5.91 Å². The summed E-state index contributed by atoms with van der Waals surface area (Å²) in [6.45, 7) is 6.09. The number of primary amides is 1. The van der Waals surface area contributed by atoms with Gasteiger partial charge in [-0.1, -0.05) is 13.0 Å². The van der Waals surface area contributed by atoms with Crippen LogP contribution in [0.15, 0.2) is 12.1 Å². The standard InChI is InChI=1S/C11H15NO/c1-4-9-7(2)5-6-10(8(9)3)11(12)13/h5-6H,4H2,1-3H3,(H2,12,13). The molecule has 0 unspecified atom stereocenters. The molecule has 13 heavy (non-hydrogen) atoms. The summed E-state index contributed by atoms with van der Waals surface area (Å²) in [7, 11) is 0. The monoisotopic (exact) mass is 177 g/mol. The van der Waals surface area contributed by atoms with Crippen molar-refractivity contribution in [1.82, 2.24) is 0 Å². The van der Waals surface area contributed by atoms with Gasteiger partial charge in [-0.25, -0.2) is 0 Å². The summed E-state index contributed by atoms with van der Waals surface area (Å²) in [5, 5.41) is 0. The normalized spacial score (nSPS) is 10.1. The lowest BCUT2D eigenvalue weighted by molar-refractivity contribution is 0.0999. The fourth-order valence-electron chi connectivity index (χ4n) is 1.70. The second-order valence-electron chi connectivity index (χ2n) is 3.25. The summed E-state index contributed by atoms with van der Waals surface area (Å²) in [5.41, 5.74) is 9.37. The van der Waals surface area contributed by atoms with Gasteiger partial charge < -0.3 is 5.73 Å². The highest BCUT2D eigenvalue weighted by Crippen LogP contribution is 2.18. The van der Waals surface area contributed by atoms with E-state index in [0.717, 1.165) is 12.0 Å². The lowest BCUT2D eigenvalue weighted by Gasteiger charge is -2.10. The quantitative estimate of drug-likeness (QED) is 0.737. The van der Waals surface area contributed by atoms with E-state index in [1.165, 1.54) is 11.1 Å². The van der Waals surface area contributed by atoms with E-state index in [2.05, 4.69) is 13.8 Å². The van der Waals surface area contributed by atoms with Gasteiger partial charge in [0.05, 0.1) is 0 Å². The van der Waals surface area contributed by atoms with Gasteiger partial charge in [0, 0.05) is 5.56 Å². The van der Waals surface area contributed by atoms with Crippen molar-refractivity contribution in [1.29, 1.82) is 0 Å². The van der Waals surface area contributed by atoms with Gasteiger partial charge in [0.1, 0.15) is 0 Å². The first-order chi connectivity index (χ1) is 6.07. The van der Waals surface area contributed by atoms with Gasteiger partial charge in [-0.15, -0.1) is 0 Å². The molecular weight excluding hydrogens is 162 g/mol. The Bertz CT molecular complexity index is 342. The van der Waals surface area contributed by atoms with Crippen LogP contribution in [0, 0.1) is 13.8 Å². The number of rotatable bonds is 2. The zero-order valence-electron chi connectivity index (χ0n) is 8.35. The molecule has 0 aliphatic carbocycles. The summed E-state index contributed by atoms with van der Waals surface area (Å²) in [5.74, 6) is -0.341. The zero-order valence-corrected chi connectivity index (χ0v) is 8.35. The lowest BCUT2D eigenvalue weighted by Crippen LogP contribution is -2.14. The molecule has 70 valence electrons. The van der Waals surface area contributed by atoms with Crippen molar-refractivity contribution in [2.75, 3.05) is 0 Å². The molecule has 0 saturated heterocycles. The third-order valence-electron chi connectivity index (χ3n) is 2.45. The van der Waals surface area contributed by atoms with E-state index >= 15 is 0 Å². The van der Waals surface area contributed by atoms with Crippen LogP contribution >= 0.6 is 0 Å². The van der Waals surface area contributed by atoms with Crippen molar-refractivity contribution in [3.63, 3.8) is 0 Å². The maximum atomic E-state index is 11.0. The molecule has 0 heterocycles. The minimum Gasteiger partial charge on any atom is -0.366 e. The van der Waals surface area contributed by atoms with E-state index in [1.54, 1.807) is 6.07 Å². The highest BCUT2D eigenvalue weighted by Gasteiger charge is 2.09. The molecule has 0 atom stereocenters. The predicted molar refractivity (Wildman–Crippen MR) is 53.8 cm³/mol. The fraction of sp³-hybridized carbons (Fsp3) is 0.364. The molecule has 0 aliphatic heterocycles. The molecule has 0 aliphatic rings. The molecular formula is C11H15NO. The van der Waals surface area contributed by atoms with Crippen LogP contribution in [-0.2, 0) is 6.42 Å². The van der Waals surface area contributed by atoms with Gasteiger partial charge in [-0.2, -0.15) is 0 Å². The highest BCUT2D eigenvalue weighted by atomic mass is 16.1. The van der Waals surface area contributed by atoms with E-state index in [4.69, 9.17) is 5.73 Å². The molecule has 2 heteroatoms. The minimum atomic E-state index is -0.341. The molecule has 1 aromatic carbocycles. The summed E-state index contributed by atoms with van der Waals surface area (Å²) in [4.78, 5) is 11.0. The van der Waals surface area contributed by atoms with Crippen molar-refractivity contribution in [2.45, 2.75) is 27.2 Å². The van der Waals surface area contributed by atoms with Gasteiger partial charge in [0.15, 0.2) is 0 Å². The molecule has 0 saturated carbocycles. The first-order valence-corrected chi connectivity index (χ1v) is 4.46. The van der Waals surface area contributed by atoms with Crippen LogP contribution in [0.4, 0.5) is 0 Å². The molecule has 2 N–H and O–H groups in total. The van der Waals surface area contributed by atoms with E-state index in [9.17, 15) is 4.79 Å². The molecule has 2 nitrogen and oxygen atoms in total. The van der Waals surface area contributed by atoms with Crippen LogP contribution < -0.4 is 5.73 Å². The van der Waals surface area contributed by atoms with Gasteiger partial charge >= 0.3 is 0 Å². The molecule has 0 aromatic heterocycles. The number of hydrogen-bond donors (Lipinski definition) is 1. The van der Waals surface area contributed by atoms with E-state index in [-0.39, 0.29) is 5.91 Å². The SMILES string of the molecule is CCc1c(C)ccc(C(N)=O)c1C. The van der Waals surface area contributed by atoms with Crippen LogP contribution in [0.3, 0.4) is 0 Å². The maximum absolute atomic E-state index is 11.0. The van der Waals surface area contributed by atoms with Gasteiger partial charge in [0.2, 0.25) is 5.91 Å². The van der Waals surface area contributed by atoms with Crippen molar-refractivity contribution in [3.05, 3.63) is 34.4 Å². The summed E-state index contributed by atoms with van der Waals surface area (Å²) < 4.78 is 0. The second-order valence-corrected chi connectivity index (χ2v) is 3.25. The van der Waals surface area contributed by atoms with Crippen LogP contribution in [-0.4, -0.2) is 5.91 Å². The first kappa shape index (κ1) is 9.78. The first-order valence-electron chi connectivity index (χ1n) is 4.46. The average Bonchev–Trinajstić information content (AvgIpc) is 2.04. The Kier molecular flexibility index (Phi) is 2.71. The lowest BCUT2D eigenvalue weighted by atomic mass is 9.96. The predicted octanol–water partition coefficient (Wildman–Crippen LogP) is 1.96. The molecule has 0 fully saturated rings. The largest absolute Gasteiger partial charge is 0.366 e. The van der Waals surface area contributed by atoms with Crippen LogP contribution in [0.5, 0.6) is 0 Å². The smallest absolute Gasteiger partial charge is 0.248 e. The number of nitrogens with two attached hydrogens (primary N) is 1. The maximum Gasteiger partial charge on any atom is 0.248 e. The fourth-order valence-corrected chi connectivity index (χ4v) is 1.70. The van der Waals surface area contributed by atoms with Crippen molar-refractivity contribution in [3.8, 4) is 0 Å². The average molecular weight is 177 g/mol. The Hall–Kier alpha value is -1.31.